The van der Waals surface area contributed by atoms with E-state index in [-0.39, 0.29) is 25.5 Å². The summed E-state index contributed by atoms with van der Waals surface area (Å²) in [6, 6.07) is 3.41. The number of sulfonamides is 1. The van der Waals surface area contributed by atoms with Crippen LogP contribution in [0.15, 0.2) is 34.8 Å². The second-order valence-corrected chi connectivity index (χ2v) is 16.6. The number of rotatable bonds is 6. The highest BCUT2D eigenvalue weighted by atomic mass is 32.2. The van der Waals surface area contributed by atoms with E-state index in [9.17, 15) is 27.6 Å². The molecule has 2 aromatic rings. The fraction of sp³-hybridized carbons (Fsp3) is 0.618. The number of ether oxygens (including phenoxy) is 2. The number of aromatic nitrogens is 1. The van der Waals surface area contributed by atoms with Gasteiger partial charge in [0.05, 0.1) is 11.8 Å². The molecule has 4 amide bonds. The van der Waals surface area contributed by atoms with E-state index in [1.54, 1.807) is 26.8 Å². The first-order chi connectivity index (χ1) is 23.1. The van der Waals surface area contributed by atoms with Crippen LogP contribution >= 0.6 is 0 Å². The van der Waals surface area contributed by atoms with Crippen LogP contribution in [0.4, 0.5) is 4.79 Å². The molecule has 49 heavy (non-hydrogen) atoms. The van der Waals surface area contributed by atoms with Crippen molar-refractivity contribution < 1.29 is 41.5 Å². The number of nitrogens with one attached hydrogen (secondary N) is 3. The highest BCUT2D eigenvalue weighted by Gasteiger charge is 2.62. The molecule has 1 aromatic heterocycles. The van der Waals surface area contributed by atoms with Gasteiger partial charge < -0.3 is 29.4 Å². The van der Waals surface area contributed by atoms with Crippen molar-refractivity contribution in [1.82, 2.24) is 25.2 Å². The smallest absolute Gasteiger partial charge is 0.408 e. The Balaban J connectivity index is 1.28. The van der Waals surface area contributed by atoms with E-state index in [1.807, 2.05) is 31.2 Å². The highest BCUT2D eigenvalue weighted by molar-refractivity contribution is 7.91. The van der Waals surface area contributed by atoms with Gasteiger partial charge in [-0.25, -0.2) is 13.2 Å². The largest absolute Gasteiger partial charge is 0.445 e. The fourth-order valence-electron chi connectivity index (χ4n) is 6.51. The summed E-state index contributed by atoms with van der Waals surface area (Å²) < 4.78 is 45.0. The van der Waals surface area contributed by atoms with Crippen LogP contribution in [0, 0.1) is 12.8 Å². The lowest BCUT2D eigenvalue weighted by molar-refractivity contribution is -0.141. The standard InChI is InChI=1S/C34H45N5O9S/c1-20-12-15-27-25(16-20)36-32(47-27)46-22-17-26-28(40)37-34(30(42)38-49(44,45)23-13-14-23)18-21(34)10-8-6-5-7-9-11-24(29(41)39(26)19-22)35-31(43)48-33(2,3)4/h8,10,12,15-16,21-24,26H,5-7,9,11,13-14,17-19H2,1-4H3,(H,35,43)(H,37,40)(H,38,42)/b10-8-/t21-,22-,24+,26+,34-/m1/s1. The molecule has 2 saturated carbocycles. The minimum Gasteiger partial charge on any atom is -0.445 e. The summed E-state index contributed by atoms with van der Waals surface area (Å²) in [5.41, 5.74) is -0.183. The lowest BCUT2D eigenvalue weighted by atomic mass is 10.0. The average Bonchev–Trinajstić information content (AvgIpc) is 3.90. The third-order valence-corrected chi connectivity index (χ3v) is 11.1. The molecule has 0 unspecified atom stereocenters. The first-order valence-corrected chi connectivity index (χ1v) is 18.6. The predicted octanol–water partition coefficient (Wildman–Crippen LogP) is 3.38. The van der Waals surface area contributed by atoms with Crippen molar-refractivity contribution in [1.29, 1.82) is 0 Å². The maximum Gasteiger partial charge on any atom is 0.408 e. The molecule has 2 aliphatic carbocycles. The molecule has 15 heteroatoms. The number of nitrogens with zero attached hydrogens (tertiary/aromatic N) is 2. The van der Waals surface area contributed by atoms with Crippen LogP contribution in [-0.2, 0) is 29.1 Å². The Morgan fingerprint density at radius 1 is 1.12 bits per heavy atom. The molecular weight excluding hydrogens is 654 g/mol. The summed E-state index contributed by atoms with van der Waals surface area (Å²) in [7, 11) is -3.87. The number of fused-ring (bicyclic) bond motifs is 3. The van der Waals surface area contributed by atoms with E-state index in [0.717, 1.165) is 18.4 Å². The Kier molecular flexibility index (Phi) is 9.42. The van der Waals surface area contributed by atoms with Crippen molar-refractivity contribution >= 4 is 44.9 Å². The molecule has 1 saturated heterocycles. The topological polar surface area (TPSA) is 186 Å². The molecule has 4 aliphatic rings. The van der Waals surface area contributed by atoms with Gasteiger partial charge in [-0.3, -0.25) is 19.1 Å². The summed E-state index contributed by atoms with van der Waals surface area (Å²) in [4.78, 5) is 60.7. The van der Waals surface area contributed by atoms with Crippen molar-refractivity contribution in [2.75, 3.05) is 6.54 Å². The normalized spacial score (nSPS) is 28.7. The molecule has 266 valence electrons. The van der Waals surface area contributed by atoms with Crippen molar-refractivity contribution in [3.05, 3.63) is 35.9 Å². The molecular formula is C34H45N5O9S. The van der Waals surface area contributed by atoms with Crippen LogP contribution in [0.25, 0.3) is 11.1 Å². The van der Waals surface area contributed by atoms with Crippen LogP contribution in [0.2, 0.25) is 0 Å². The SMILES string of the molecule is Cc1ccc2oc(O[C@@H]3C[C@H]4C(=O)N[C@]5(C(=O)NS(=O)(=O)C6CC6)C[C@H]5/C=C\CCCCC[C@H](NC(=O)OC(C)(C)C)C(=O)N4C3)nc2c1. The maximum absolute atomic E-state index is 14.3. The molecule has 5 atom stereocenters. The fourth-order valence-corrected chi connectivity index (χ4v) is 7.87. The van der Waals surface area contributed by atoms with Gasteiger partial charge in [0.15, 0.2) is 5.58 Å². The van der Waals surface area contributed by atoms with Crippen LogP contribution in [0.3, 0.4) is 0 Å². The van der Waals surface area contributed by atoms with Crippen molar-refractivity contribution in [2.24, 2.45) is 5.92 Å². The Hall–Kier alpha value is -4.14. The Morgan fingerprint density at radius 2 is 1.90 bits per heavy atom. The quantitative estimate of drug-likeness (QED) is 0.378. The number of hydrogen-bond acceptors (Lipinski definition) is 10. The van der Waals surface area contributed by atoms with Gasteiger partial charge in [-0.2, -0.15) is 4.98 Å². The summed E-state index contributed by atoms with van der Waals surface area (Å²) in [5.74, 6) is -2.34. The Bertz CT molecular complexity index is 1760. The zero-order valence-electron chi connectivity index (χ0n) is 28.3. The van der Waals surface area contributed by atoms with Crippen molar-refractivity contribution in [3.63, 3.8) is 0 Å². The van der Waals surface area contributed by atoms with Gasteiger partial charge in [0.25, 0.3) is 5.91 Å². The van der Waals surface area contributed by atoms with E-state index in [1.165, 1.54) is 4.90 Å². The Labute approximate surface area is 285 Å². The van der Waals surface area contributed by atoms with Crippen LogP contribution < -0.4 is 20.1 Å². The minimum atomic E-state index is -3.87. The zero-order chi connectivity index (χ0) is 35.1. The molecule has 3 N–H and O–H groups in total. The van der Waals surface area contributed by atoms with Crippen LogP contribution in [0.5, 0.6) is 6.08 Å². The second kappa shape index (κ2) is 13.3. The van der Waals surface area contributed by atoms with E-state index >= 15 is 0 Å². The molecule has 0 bridgehead atoms. The minimum absolute atomic E-state index is 0.0156. The van der Waals surface area contributed by atoms with Crippen LogP contribution in [-0.4, -0.2) is 83.2 Å². The lowest BCUT2D eigenvalue weighted by Crippen LogP contribution is -2.58. The maximum atomic E-state index is 14.3. The van der Waals surface area contributed by atoms with E-state index in [4.69, 9.17) is 13.9 Å². The van der Waals surface area contributed by atoms with Crippen LogP contribution in [0.1, 0.15) is 84.1 Å². The number of carbonyl (C=O) groups is 4. The number of hydrogen-bond donors (Lipinski definition) is 3. The first-order valence-electron chi connectivity index (χ1n) is 17.0. The third-order valence-electron chi connectivity index (χ3n) is 9.32. The van der Waals surface area contributed by atoms with Crippen molar-refractivity contribution in [2.45, 2.75) is 120 Å². The summed E-state index contributed by atoms with van der Waals surface area (Å²) in [6.45, 7) is 7.07. The molecule has 14 nitrogen and oxygen atoms in total. The third kappa shape index (κ3) is 8.03. The second-order valence-electron chi connectivity index (χ2n) is 14.6. The first kappa shape index (κ1) is 34.7. The number of aryl methyl sites for hydroxylation is 1. The molecule has 2 aliphatic heterocycles. The summed E-state index contributed by atoms with van der Waals surface area (Å²) in [5, 5.41) is 4.94. The monoisotopic (exact) mass is 699 g/mol. The summed E-state index contributed by atoms with van der Waals surface area (Å²) in [6.07, 6.45) is 6.72. The predicted molar refractivity (Wildman–Crippen MR) is 178 cm³/mol. The average molecular weight is 700 g/mol. The van der Waals surface area contributed by atoms with Gasteiger partial charge >= 0.3 is 12.2 Å². The summed E-state index contributed by atoms with van der Waals surface area (Å²) >= 11 is 0. The van der Waals surface area contributed by atoms with Gasteiger partial charge in [0.1, 0.15) is 34.8 Å². The molecule has 3 fully saturated rings. The van der Waals surface area contributed by atoms with Gasteiger partial charge in [-0.1, -0.05) is 31.1 Å². The number of oxazole rings is 1. The molecule has 3 heterocycles. The van der Waals surface area contributed by atoms with Gasteiger partial charge in [-0.15, -0.1) is 0 Å². The molecule has 1 aromatic carbocycles. The Morgan fingerprint density at radius 3 is 2.63 bits per heavy atom. The molecule has 0 spiro atoms. The number of amides is 4. The lowest BCUT2D eigenvalue weighted by Gasteiger charge is -2.30. The molecule has 0 radical (unpaired) electrons. The van der Waals surface area contributed by atoms with E-state index < -0.39 is 74.3 Å². The van der Waals surface area contributed by atoms with E-state index in [2.05, 4.69) is 20.3 Å². The van der Waals surface area contributed by atoms with E-state index in [0.29, 0.717) is 43.2 Å². The zero-order valence-corrected chi connectivity index (χ0v) is 29.1. The number of benzene rings is 1. The number of allylic oxidation sites excluding steroid dienone is 1. The van der Waals surface area contributed by atoms with Gasteiger partial charge in [0, 0.05) is 12.3 Å². The van der Waals surface area contributed by atoms with Gasteiger partial charge in [0.2, 0.25) is 21.8 Å². The molecule has 6 rings (SSSR count). The number of alkyl carbamates (subject to hydrolysis) is 1. The van der Waals surface area contributed by atoms with Crippen molar-refractivity contribution in [3.8, 4) is 6.08 Å². The number of carbonyl (C=O) groups excluding carboxylic acids is 4. The van der Waals surface area contributed by atoms with Gasteiger partial charge in [-0.05, 0) is 83.9 Å². The highest BCUT2D eigenvalue weighted by Crippen LogP contribution is 2.46.